The number of nitrogens with one attached hydrogen (secondary N) is 1. The molecule has 0 bridgehead atoms. The van der Waals surface area contributed by atoms with E-state index >= 15 is 0 Å². The van der Waals surface area contributed by atoms with Gasteiger partial charge >= 0.3 is 0 Å². The molecule has 29 heavy (non-hydrogen) atoms. The van der Waals surface area contributed by atoms with Gasteiger partial charge in [0.15, 0.2) is 0 Å². The first-order valence-corrected chi connectivity index (χ1v) is 10.3. The van der Waals surface area contributed by atoms with Crippen molar-refractivity contribution < 1.29 is 13.5 Å². The molecule has 2 aliphatic rings. The van der Waals surface area contributed by atoms with Gasteiger partial charge in [-0.1, -0.05) is 13.8 Å². The van der Waals surface area contributed by atoms with Crippen molar-refractivity contribution in [3.63, 3.8) is 0 Å². The van der Waals surface area contributed by atoms with Gasteiger partial charge in [-0.05, 0) is 55.0 Å². The molecule has 0 unspecified atom stereocenters. The average Bonchev–Trinajstić information content (AvgIpc) is 2.67. The zero-order chi connectivity index (χ0) is 20.4. The summed E-state index contributed by atoms with van der Waals surface area (Å²) in [6.45, 7) is 8.01. The highest BCUT2D eigenvalue weighted by Gasteiger charge is 2.38. The molecular formula is C22H28F2N4O. The SMILES string of the molecule is CC(C)C1(c2cc(Nc3cc(C(F)F)ccn3)nc(N3CCC3)c2)CCOCC1. The van der Waals surface area contributed by atoms with Crippen LogP contribution in [0.25, 0.3) is 0 Å². The zero-order valence-electron chi connectivity index (χ0n) is 17.0. The van der Waals surface area contributed by atoms with Gasteiger partial charge < -0.3 is 15.0 Å². The Morgan fingerprint density at radius 2 is 1.86 bits per heavy atom. The second kappa shape index (κ2) is 8.22. The highest BCUT2D eigenvalue weighted by atomic mass is 19.3. The molecule has 0 amide bonds. The Morgan fingerprint density at radius 3 is 2.48 bits per heavy atom. The van der Waals surface area contributed by atoms with Crippen LogP contribution in [0.4, 0.5) is 26.2 Å². The van der Waals surface area contributed by atoms with Gasteiger partial charge in [0, 0.05) is 43.5 Å². The van der Waals surface area contributed by atoms with Gasteiger partial charge in [0.1, 0.15) is 17.5 Å². The number of pyridine rings is 2. The summed E-state index contributed by atoms with van der Waals surface area (Å²) in [6, 6.07) is 6.99. The molecule has 7 heteroatoms. The maximum Gasteiger partial charge on any atom is 0.264 e. The average molecular weight is 402 g/mol. The van der Waals surface area contributed by atoms with Gasteiger partial charge in [0.05, 0.1) is 0 Å². The minimum atomic E-state index is -2.53. The summed E-state index contributed by atoms with van der Waals surface area (Å²) in [5.41, 5.74) is 1.21. The second-order valence-corrected chi connectivity index (χ2v) is 8.26. The predicted molar refractivity (Wildman–Crippen MR) is 110 cm³/mol. The standard InChI is InChI=1S/C22H28F2N4O/c1-15(2)22(5-10-29-11-6-22)17-13-19(27-20(14-17)28-8-3-9-28)26-18-12-16(21(23)24)4-7-25-18/h4,7,12-15,21H,3,5-6,8-11H2,1-2H3,(H,25,26,27). The van der Waals surface area contributed by atoms with E-state index in [-0.39, 0.29) is 11.0 Å². The summed E-state index contributed by atoms with van der Waals surface area (Å²) in [4.78, 5) is 11.2. The van der Waals surface area contributed by atoms with Crippen molar-refractivity contribution in [2.75, 3.05) is 36.5 Å². The van der Waals surface area contributed by atoms with E-state index in [0.717, 1.165) is 51.4 Å². The number of hydrogen-bond acceptors (Lipinski definition) is 5. The van der Waals surface area contributed by atoms with Crippen molar-refractivity contribution in [2.24, 2.45) is 5.92 Å². The summed E-state index contributed by atoms with van der Waals surface area (Å²) < 4.78 is 31.8. The number of hydrogen-bond donors (Lipinski definition) is 1. The Balaban J connectivity index is 1.72. The van der Waals surface area contributed by atoms with Crippen LogP contribution in [-0.4, -0.2) is 36.3 Å². The third-order valence-electron chi connectivity index (χ3n) is 6.35. The van der Waals surface area contributed by atoms with Crippen molar-refractivity contribution >= 4 is 17.5 Å². The van der Waals surface area contributed by atoms with E-state index < -0.39 is 6.43 Å². The fourth-order valence-corrected chi connectivity index (χ4v) is 4.29. The highest BCUT2D eigenvalue weighted by molar-refractivity contribution is 5.59. The largest absolute Gasteiger partial charge is 0.381 e. The lowest BCUT2D eigenvalue weighted by molar-refractivity contribution is 0.0321. The molecular weight excluding hydrogens is 374 g/mol. The van der Waals surface area contributed by atoms with Gasteiger partial charge in [0.2, 0.25) is 0 Å². The molecule has 0 aromatic carbocycles. The first kappa shape index (κ1) is 20.0. The number of ether oxygens (including phenoxy) is 1. The molecule has 4 heterocycles. The maximum atomic E-state index is 13.1. The molecule has 4 rings (SSSR count). The van der Waals surface area contributed by atoms with Gasteiger partial charge in [-0.3, -0.25) is 0 Å². The molecule has 2 aromatic rings. The van der Waals surface area contributed by atoms with Gasteiger partial charge in [-0.2, -0.15) is 0 Å². The number of aromatic nitrogens is 2. The van der Waals surface area contributed by atoms with Crippen LogP contribution in [0.1, 0.15) is 50.7 Å². The topological polar surface area (TPSA) is 50.3 Å². The number of anilines is 3. The molecule has 0 saturated carbocycles. The first-order chi connectivity index (χ1) is 14.0. The Bertz CT molecular complexity index is 848. The zero-order valence-corrected chi connectivity index (χ0v) is 17.0. The summed E-state index contributed by atoms with van der Waals surface area (Å²) in [5, 5.41) is 3.16. The molecule has 156 valence electrons. The molecule has 0 aliphatic carbocycles. The molecule has 0 spiro atoms. The smallest absolute Gasteiger partial charge is 0.264 e. The molecule has 2 aromatic heterocycles. The van der Waals surface area contributed by atoms with Crippen LogP contribution < -0.4 is 10.2 Å². The van der Waals surface area contributed by atoms with E-state index in [1.807, 2.05) is 0 Å². The Kier molecular flexibility index (Phi) is 5.67. The monoisotopic (exact) mass is 402 g/mol. The fourth-order valence-electron chi connectivity index (χ4n) is 4.29. The van der Waals surface area contributed by atoms with Gasteiger partial charge in [-0.25, -0.2) is 18.7 Å². The van der Waals surface area contributed by atoms with Crippen LogP contribution in [0.5, 0.6) is 0 Å². The van der Waals surface area contributed by atoms with E-state index in [1.54, 1.807) is 0 Å². The second-order valence-electron chi connectivity index (χ2n) is 8.26. The van der Waals surface area contributed by atoms with Crippen molar-refractivity contribution in [1.29, 1.82) is 0 Å². The Hall–Kier alpha value is -2.28. The number of rotatable bonds is 6. The quantitative estimate of drug-likeness (QED) is 0.731. The van der Waals surface area contributed by atoms with Crippen molar-refractivity contribution in [1.82, 2.24) is 9.97 Å². The summed E-state index contributed by atoms with van der Waals surface area (Å²) in [7, 11) is 0. The number of nitrogens with zero attached hydrogens (tertiary/aromatic N) is 3. The highest BCUT2D eigenvalue weighted by Crippen LogP contribution is 2.43. The normalized spacial score (nSPS) is 18.8. The van der Waals surface area contributed by atoms with Crippen molar-refractivity contribution in [2.45, 2.75) is 45.0 Å². The van der Waals surface area contributed by atoms with Crippen LogP contribution in [0, 0.1) is 5.92 Å². The molecule has 1 N–H and O–H groups in total. The van der Waals surface area contributed by atoms with E-state index in [9.17, 15) is 8.78 Å². The summed E-state index contributed by atoms with van der Waals surface area (Å²) >= 11 is 0. The van der Waals surface area contributed by atoms with Crippen LogP contribution in [0.15, 0.2) is 30.5 Å². The molecule has 0 atom stereocenters. The van der Waals surface area contributed by atoms with E-state index in [1.165, 1.54) is 23.9 Å². The minimum absolute atomic E-state index is 0.0233. The van der Waals surface area contributed by atoms with Crippen molar-refractivity contribution in [3.8, 4) is 0 Å². The van der Waals surface area contributed by atoms with Crippen LogP contribution in [-0.2, 0) is 10.2 Å². The van der Waals surface area contributed by atoms with Gasteiger partial charge in [-0.15, -0.1) is 0 Å². The Labute approximate surface area is 170 Å². The van der Waals surface area contributed by atoms with E-state index in [2.05, 4.69) is 41.2 Å². The summed E-state index contributed by atoms with van der Waals surface area (Å²) in [6.07, 6.45) is 1.97. The lowest BCUT2D eigenvalue weighted by atomic mass is 9.67. The molecule has 0 radical (unpaired) electrons. The lowest BCUT2D eigenvalue weighted by Crippen LogP contribution is -2.40. The van der Waals surface area contributed by atoms with Crippen LogP contribution in [0.3, 0.4) is 0 Å². The molecule has 2 fully saturated rings. The van der Waals surface area contributed by atoms with Crippen molar-refractivity contribution in [3.05, 3.63) is 41.6 Å². The molecule has 2 aliphatic heterocycles. The maximum absolute atomic E-state index is 13.1. The molecule has 5 nitrogen and oxygen atoms in total. The fraction of sp³-hybridized carbons (Fsp3) is 0.545. The molecule has 2 saturated heterocycles. The third kappa shape index (κ3) is 4.06. The van der Waals surface area contributed by atoms with Crippen LogP contribution in [0.2, 0.25) is 0 Å². The number of alkyl halides is 2. The van der Waals surface area contributed by atoms with Gasteiger partial charge in [0.25, 0.3) is 6.43 Å². The predicted octanol–water partition coefficient (Wildman–Crippen LogP) is 5.07. The van der Waals surface area contributed by atoms with E-state index in [0.29, 0.717) is 17.6 Å². The Morgan fingerprint density at radius 1 is 1.10 bits per heavy atom. The third-order valence-corrected chi connectivity index (χ3v) is 6.35. The lowest BCUT2D eigenvalue weighted by Gasteiger charge is -2.42. The summed E-state index contributed by atoms with van der Waals surface area (Å²) in [5.74, 6) is 2.42. The van der Waals surface area contributed by atoms with E-state index in [4.69, 9.17) is 9.72 Å². The number of halogens is 2. The minimum Gasteiger partial charge on any atom is -0.381 e. The van der Waals surface area contributed by atoms with Crippen LogP contribution >= 0.6 is 0 Å². The first-order valence-electron chi connectivity index (χ1n) is 10.3.